The number of ether oxygens (including phenoxy) is 1. The summed E-state index contributed by atoms with van der Waals surface area (Å²) in [5, 5.41) is 23.7. The molecule has 0 bridgehead atoms. The van der Waals surface area contributed by atoms with Crippen LogP contribution in [0.2, 0.25) is 0 Å². The summed E-state index contributed by atoms with van der Waals surface area (Å²) in [6.45, 7) is 1.16. The number of halogens is 1. The molecule has 1 aliphatic carbocycles. The third-order valence-electron chi connectivity index (χ3n) is 3.50. The number of nitrogens with zero attached hydrogens (tertiary/aromatic N) is 1. The smallest absolute Gasteiger partial charge is 0.306 e. The second kappa shape index (κ2) is 10.5. The van der Waals surface area contributed by atoms with E-state index in [1.807, 2.05) is 0 Å². The molecule has 1 aliphatic rings. The van der Waals surface area contributed by atoms with Gasteiger partial charge in [0.15, 0.2) is 0 Å². The third-order valence-corrected chi connectivity index (χ3v) is 3.50. The van der Waals surface area contributed by atoms with Crippen LogP contribution in [0.3, 0.4) is 0 Å². The van der Waals surface area contributed by atoms with E-state index in [0.29, 0.717) is 13.1 Å². The normalized spacial score (nSPS) is 20.1. The molecular weight excluding hydrogens is 370 g/mol. The topological polar surface area (TPSA) is 128 Å². The van der Waals surface area contributed by atoms with Gasteiger partial charge >= 0.3 is 5.70 Å². The van der Waals surface area contributed by atoms with Gasteiger partial charge in [-0.3, -0.25) is 14.9 Å². The Balaban J connectivity index is 0.00000484. The highest BCUT2D eigenvalue weighted by Crippen LogP contribution is 2.29. The van der Waals surface area contributed by atoms with Gasteiger partial charge < -0.3 is 20.9 Å². The van der Waals surface area contributed by atoms with Gasteiger partial charge in [-0.15, -0.1) is 17.0 Å². The number of methoxy groups -OCH3 is 1. The lowest BCUT2D eigenvalue weighted by molar-refractivity contribution is -0.461. The van der Waals surface area contributed by atoms with Crippen LogP contribution in [-0.4, -0.2) is 41.9 Å². The number of amides is 1. The Morgan fingerprint density at radius 2 is 2.13 bits per heavy atom. The van der Waals surface area contributed by atoms with Gasteiger partial charge in [-0.25, -0.2) is 0 Å². The highest BCUT2D eigenvalue weighted by Gasteiger charge is 2.43. The minimum atomic E-state index is -1.99. The van der Waals surface area contributed by atoms with Crippen LogP contribution < -0.4 is 11.1 Å². The number of nitrogens with two attached hydrogens (primary N) is 1. The largest absolute Gasteiger partial charge is 0.357 e. The molecule has 0 radical (unpaired) electrons. The van der Waals surface area contributed by atoms with Crippen LogP contribution in [0.25, 0.3) is 0 Å². The number of rotatable bonds is 9. The van der Waals surface area contributed by atoms with E-state index in [2.05, 4.69) is 5.32 Å². The number of nitro groups is 1. The Morgan fingerprint density at radius 3 is 2.70 bits per heavy atom. The molecule has 1 rings (SSSR count). The fourth-order valence-electron chi connectivity index (χ4n) is 2.14. The van der Waals surface area contributed by atoms with Crippen molar-refractivity contribution >= 4 is 22.9 Å². The Bertz CT molecular complexity index is 481. The standard InChI is InChI=1S/C14H23N3O5.BrH/c1-22-14(19)7-6-11(10-12(14)17(20)21)13(18)16-9-5-3-2-4-8-15;/h6,10,19H,2-5,7-9,15H2,1H3,(H,16,18);1H. The molecule has 0 saturated heterocycles. The highest BCUT2D eigenvalue weighted by atomic mass is 79.9. The number of unbranched alkanes of at least 4 members (excludes halogenated alkanes) is 3. The fraction of sp³-hybridized carbons (Fsp3) is 0.643. The molecule has 0 saturated carbocycles. The lowest BCUT2D eigenvalue weighted by atomic mass is 9.98. The van der Waals surface area contributed by atoms with Crippen molar-refractivity contribution in [1.29, 1.82) is 0 Å². The number of hydrogen-bond acceptors (Lipinski definition) is 6. The van der Waals surface area contributed by atoms with Gasteiger partial charge in [0.25, 0.3) is 11.7 Å². The molecule has 0 spiro atoms. The summed E-state index contributed by atoms with van der Waals surface area (Å²) < 4.78 is 4.78. The van der Waals surface area contributed by atoms with Crippen LogP contribution >= 0.6 is 17.0 Å². The molecule has 132 valence electrons. The van der Waals surface area contributed by atoms with Crippen molar-refractivity contribution in [3.63, 3.8) is 0 Å². The second-order valence-electron chi connectivity index (χ2n) is 5.10. The number of carbonyl (C=O) groups excluding carboxylic acids is 1. The summed E-state index contributed by atoms with van der Waals surface area (Å²) >= 11 is 0. The predicted octanol–water partition coefficient (Wildman–Crippen LogP) is 1.03. The van der Waals surface area contributed by atoms with Crippen LogP contribution in [-0.2, 0) is 9.53 Å². The summed E-state index contributed by atoms with van der Waals surface area (Å²) in [7, 11) is 1.18. The minimum Gasteiger partial charge on any atom is -0.357 e. The zero-order chi connectivity index (χ0) is 16.6. The molecule has 0 aromatic heterocycles. The van der Waals surface area contributed by atoms with Crippen LogP contribution in [0, 0.1) is 10.1 Å². The summed E-state index contributed by atoms with van der Waals surface area (Å²) in [5.74, 6) is -2.38. The first-order valence-corrected chi connectivity index (χ1v) is 7.27. The Morgan fingerprint density at radius 1 is 1.48 bits per heavy atom. The maximum Gasteiger partial charge on any atom is 0.306 e. The van der Waals surface area contributed by atoms with Gasteiger partial charge in [-0.1, -0.05) is 18.9 Å². The van der Waals surface area contributed by atoms with E-state index in [9.17, 15) is 20.0 Å². The SMILES string of the molecule is Br.COC1(O)CC=C(C(=O)NCCCCCCN)C=C1[N+](=O)[O-]. The first kappa shape index (κ1) is 21.7. The fourth-order valence-corrected chi connectivity index (χ4v) is 2.14. The average molecular weight is 394 g/mol. The van der Waals surface area contributed by atoms with Gasteiger partial charge in [0.05, 0.1) is 4.92 Å². The van der Waals surface area contributed by atoms with Crippen molar-refractivity contribution in [1.82, 2.24) is 5.32 Å². The van der Waals surface area contributed by atoms with Crippen molar-refractivity contribution in [3.8, 4) is 0 Å². The number of hydrogen-bond donors (Lipinski definition) is 3. The van der Waals surface area contributed by atoms with Gasteiger partial charge in [0.2, 0.25) is 0 Å². The lowest BCUT2D eigenvalue weighted by Gasteiger charge is -2.25. The van der Waals surface area contributed by atoms with Crippen molar-refractivity contribution in [2.75, 3.05) is 20.2 Å². The molecule has 9 heteroatoms. The molecule has 0 aliphatic heterocycles. The quantitative estimate of drug-likeness (QED) is 0.232. The third kappa shape index (κ3) is 6.38. The summed E-state index contributed by atoms with van der Waals surface area (Å²) in [6.07, 6.45) is 6.11. The van der Waals surface area contributed by atoms with Gasteiger partial charge in [-0.2, -0.15) is 0 Å². The van der Waals surface area contributed by atoms with Crippen LogP contribution in [0.5, 0.6) is 0 Å². The summed E-state index contributed by atoms with van der Waals surface area (Å²) in [4.78, 5) is 22.2. The molecule has 1 amide bonds. The second-order valence-corrected chi connectivity index (χ2v) is 5.10. The minimum absolute atomic E-state index is 0. The number of aliphatic hydroxyl groups is 1. The van der Waals surface area contributed by atoms with Gasteiger partial charge in [0.1, 0.15) is 0 Å². The number of carbonyl (C=O) groups is 1. The van der Waals surface area contributed by atoms with E-state index in [-0.39, 0.29) is 29.0 Å². The van der Waals surface area contributed by atoms with Gasteiger partial charge in [0, 0.05) is 31.7 Å². The predicted molar refractivity (Wildman–Crippen MR) is 90.6 cm³/mol. The molecule has 0 aromatic rings. The maximum atomic E-state index is 12.0. The maximum absolute atomic E-state index is 12.0. The van der Waals surface area contributed by atoms with Crippen LogP contribution in [0.1, 0.15) is 32.1 Å². The Kier molecular flexibility index (Phi) is 9.89. The Hall–Kier alpha value is -1.29. The van der Waals surface area contributed by atoms with Crippen molar-refractivity contribution in [2.24, 2.45) is 5.73 Å². The number of nitrogens with one attached hydrogen (secondary N) is 1. The average Bonchev–Trinajstić information content (AvgIpc) is 2.50. The summed E-state index contributed by atoms with van der Waals surface area (Å²) in [5.41, 5.74) is 5.02. The molecule has 1 atom stereocenters. The zero-order valence-corrected chi connectivity index (χ0v) is 14.8. The highest BCUT2D eigenvalue weighted by molar-refractivity contribution is 8.93. The summed E-state index contributed by atoms with van der Waals surface area (Å²) in [6, 6.07) is 0. The molecule has 0 aromatic carbocycles. The van der Waals surface area contributed by atoms with Crippen molar-refractivity contribution < 1.29 is 19.6 Å². The van der Waals surface area contributed by atoms with Gasteiger partial charge in [-0.05, 0) is 19.4 Å². The molecule has 1 unspecified atom stereocenters. The first-order valence-electron chi connectivity index (χ1n) is 7.27. The molecule has 0 fully saturated rings. The molecule has 23 heavy (non-hydrogen) atoms. The Labute approximate surface area is 145 Å². The van der Waals surface area contributed by atoms with E-state index in [0.717, 1.165) is 31.8 Å². The lowest BCUT2D eigenvalue weighted by Crippen LogP contribution is -2.39. The van der Waals surface area contributed by atoms with E-state index >= 15 is 0 Å². The first-order chi connectivity index (χ1) is 10.4. The van der Waals surface area contributed by atoms with E-state index in [1.165, 1.54) is 13.2 Å². The van der Waals surface area contributed by atoms with Crippen LogP contribution in [0.15, 0.2) is 23.4 Å². The molecule has 0 heterocycles. The molecule has 8 nitrogen and oxygen atoms in total. The molecule has 4 N–H and O–H groups in total. The van der Waals surface area contributed by atoms with Crippen molar-refractivity contribution in [2.45, 2.75) is 37.9 Å². The zero-order valence-electron chi connectivity index (χ0n) is 13.1. The van der Waals surface area contributed by atoms with E-state index in [4.69, 9.17) is 10.5 Å². The van der Waals surface area contributed by atoms with Crippen LogP contribution in [0.4, 0.5) is 0 Å². The monoisotopic (exact) mass is 393 g/mol. The van der Waals surface area contributed by atoms with E-state index in [1.54, 1.807) is 0 Å². The molecular formula is C14H24BrN3O5. The van der Waals surface area contributed by atoms with Crippen molar-refractivity contribution in [3.05, 3.63) is 33.5 Å². The van der Waals surface area contributed by atoms with E-state index < -0.39 is 22.3 Å².